The molecule has 2 atom stereocenters. The summed E-state index contributed by atoms with van der Waals surface area (Å²) in [6.07, 6.45) is 4.88. The third-order valence-corrected chi connectivity index (χ3v) is 7.63. The second-order valence-corrected chi connectivity index (χ2v) is 12.1. The monoisotopic (exact) mass is 607 g/mol. The Morgan fingerprint density at radius 2 is 1.69 bits per heavy atom. The Bertz CT molecular complexity index is 1620. The van der Waals surface area contributed by atoms with Gasteiger partial charge in [-0.3, -0.25) is 29.1 Å². The molecule has 0 unspecified atom stereocenters. The van der Waals surface area contributed by atoms with Gasteiger partial charge in [-0.15, -0.1) is 0 Å². The van der Waals surface area contributed by atoms with Gasteiger partial charge in [-0.25, -0.2) is 4.99 Å². The summed E-state index contributed by atoms with van der Waals surface area (Å²) < 4.78 is 5.62. The van der Waals surface area contributed by atoms with Gasteiger partial charge < -0.3 is 15.0 Å². The summed E-state index contributed by atoms with van der Waals surface area (Å²) >= 11 is 0. The van der Waals surface area contributed by atoms with Gasteiger partial charge in [-0.1, -0.05) is 74.5 Å². The van der Waals surface area contributed by atoms with Crippen LogP contribution in [0.3, 0.4) is 0 Å². The first-order valence-electron chi connectivity index (χ1n) is 15.0. The number of ketones is 1. The lowest BCUT2D eigenvalue weighted by Crippen LogP contribution is -2.57. The maximum atomic E-state index is 14.2. The highest BCUT2D eigenvalue weighted by Gasteiger charge is 2.42. The molecule has 2 aromatic carbocycles. The highest BCUT2D eigenvalue weighted by atomic mass is 16.5. The zero-order valence-electron chi connectivity index (χ0n) is 25.8. The zero-order chi connectivity index (χ0) is 32.1. The van der Waals surface area contributed by atoms with Crippen molar-refractivity contribution in [2.45, 2.75) is 51.7 Å². The molecule has 1 N–H and O–H groups in total. The van der Waals surface area contributed by atoms with Gasteiger partial charge in [0.15, 0.2) is 0 Å². The van der Waals surface area contributed by atoms with Crippen molar-refractivity contribution in [1.82, 2.24) is 20.1 Å². The molecule has 0 fully saturated rings. The Hall–Kier alpha value is -5.12. The van der Waals surface area contributed by atoms with Gasteiger partial charge in [-0.2, -0.15) is 0 Å². The average Bonchev–Trinajstić information content (AvgIpc) is 3.41. The summed E-state index contributed by atoms with van der Waals surface area (Å²) in [5.74, 6) is -2.05. The first kappa shape index (κ1) is 31.3. The number of Topliss-reactive ketones (excluding diaryl/α,β-unsaturated/α-hetero) is 1. The highest BCUT2D eigenvalue weighted by molar-refractivity contribution is 6.39. The molecule has 45 heavy (non-hydrogen) atoms. The van der Waals surface area contributed by atoms with Crippen LogP contribution in [-0.2, 0) is 25.5 Å². The number of nitrogens with one attached hydrogen (secondary N) is 1. The summed E-state index contributed by atoms with van der Waals surface area (Å²) in [4.78, 5) is 66.5. The van der Waals surface area contributed by atoms with E-state index < -0.39 is 35.2 Å². The smallest absolute Gasteiger partial charge is 0.260 e. The fourth-order valence-corrected chi connectivity index (χ4v) is 5.41. The van der Waals surface area contributed by atoms with Crippen LogP contribution in [0.1, 0.15) is 49.2 Å². The summed E-state index contributed by atoms with van der Waals surface area (Å²) in [5.41, 5.74) is 1.68. The molecule has 3 heterocycles. The molecule has 232 valence electrons. The number of benzene rings is 2. The van der Waals surface area contributed by atoms with Crippen LogP contribution in [0.5, 0.6) is 0 Å². The summed E-state index contributed by atoms with van der Waals surface area (Å²) in [6, 6.07) is 19.9. The van der Waals surface area contributed by atoms with Gasteiger partial charge in [0, 0.05) is 25.0 Å². The van der Waals surface area contributed by atoms with Crippen LogP contribution in [0, 0.1) is 5.92 Å². The molecule has 0 spiro atoms. The minimum atomic E-state index is -0.971. The van der Waals surface area contributed by atoms with Crippen molar-refractivity contribution in [3.8, 4) is 0 Å². The van der Waals surface area contributed by atoms with E-state index in [0.717, 1.165) is 5.56 Å². The summed E-state index contributed by atoms with van der Waals surface area (Å²) in [7, 11) is 0. The van der Waals surface area contributed by atoms with Crippen LogP contribution in [0.15, 0.2) is 96.4 Å². The van der Waals surface area contributed by atoms with E-state index in [2.05, 4.69) is 15.3 Å². The number of rotatable bonds is 10. The number of amides is 3. The molecule has 0 aliphatic carbocycles. The van der Waals surface area contributed by atoms with Crippen LogP contribution in [0.25, 0.3) is 5.70 Å². The molecule has 0 saturated carbocycles. The number of aliphatic imine (C=N–C) groups is 1. The van der Waals surface area contributed by atoms with Crippen LogP contribution in [0.4, 0.5) is 0 Å². The Labute approximate surface area is 262 Å². The fraction of sp³-hybridized carbons (Fsp3) is 0.314. The van der Waals surface area contributed by atoms with Gasteiger partial charge in [0.25, 0.3) is 17.7 Å². The van der Waals surface area contributed by atoms with Gasteiger partial charge in [0.1, 0.15) is 25.2 Å². The topological polar surface area (TPSA) is 121 Å². The summed E-state index contributed by atoms with van der Waals surface area (Å²) in [6.45, 7) is 7.33. The third kappa shape index (κ3) is 7.17. The van der Waals surface area contributed by atoms with Crippen molar-refractivity contribution in [2.24, 2.45) is 10.9 Å². The van der Waals surface area contributed by atoms with Crippen molar-refractivity contribution in [3.05, 3.63) is 108 Å². The van der Waals surface area contributed by atoms with E-state index in [4.69, 9.17) is 4.74 Å². The Morgan fingerprint density at radius 1 is 1.00 bits per heavy atom. The minimum absolute atomic E-state index is 0.0235. The quantitative estimate of drug-likeness (QED) is 0.373. The number of hydrogen-bond acceptors (Lipinski definition) is 7. The maximum absolute atomic E-state index is 14.2. The number of carbonyl (C=O) groups excluding carboxylic acids is 4. The van der Waals surface area contributed by atoms with Crippen LogP contribution in [0.2, 0.25) is 0 Å². The Balaban J connectivity index is 1.47. The predicted molar refractivity (Wildman–Crippen MR) is 170 cm³/mol. The number of nitrogens with zero attached hydrogens (tertiary/aromatic N) is 4. The van der Waals surface area contributed by atoms with Gasteiger partial charge in [-0.05, 0) is 43.0 Å². The number of pyridine rings is 1. The van der Waals surface area contributed by atoms with Gasteiger partial charge in [0.05, 0.1) is 16.8 Å². The second-order valence-electron chi connectivity index (χ2n) is 12.1. The standard InChI is InChI=1S/C35H37N5O5/c1-23(2)30-34(44)39(28(25-14-9-6-10-15-25)20-40(30)33(43)26-16-11-17-36-19-26)21-29(41)37-27(18-24-12-7-5-8-13-24)31(42)32-38-35(3,4)22-45-32/h5-17,19-20,23,27,30H,18,21-22H2,1-4H3,(H,37,41)/t27-,30+/m0/s1. The van der Waals surface area contributed by atoms with Gasteiger partial charge in [0.2, 0.25) is 11.7 Å². The number of carbonyl (C=O) groups is 4. The Kier molecular flexibility index (Phi) is 9.22. The molecule has 2 aliphatic rings. The Morgan fingerprint density at radius 3 is 2.29 bits per heavy atom. The summed E-state index contributed by atoms with van der Waals surface area (Å²) in [5, 5.41) is 2.85. The van der Waals surface area contributed by atoms with Crippen molar-refractivity contribution in [1.29, 1.82) is 0 Å². The van der Waals surface area contributed by atoms with E-state index in [1.54, 1.807) is 24.5 Å². The maximum Gasteiger partial charge on any atom is 0.260 e. The minimum Gasteiger partial charge on any atom is -0.473 e. The van der Waals surface area contributed by atoms with E-state index in [0.29, 0.717) is 16.8 Å². The lowest BCUT2D eigenvalue weighted by molar-refractivity contribution is -0.138. The van der Waals surface area contributed by atoms with E-state index in [9.17, 15) is 19.2 Å². The van der Waals surface area contributed by atoms with Gasteiger partial charge >= 0.3 is 0 Å². The first-order chi connectivity index (χ1) is 21.5. The average molecular weight is 608 g/mol. The highest BCUT2D eigenvalue weighted by Crippen LogP contribution is 2.31. The fourth-order valence-electron chi connectivity index (χ4n) is 5.41. The van der Waals surface area contributed by atoms with Crippen LogP contribution in [-0.4, -0.2) is 75.0 Å². The number of aromatic nitrogens is 1. The molecule has 5 rings (SSSR count). The predicted octanol–water partition coefficient (Wildman–Crippen LogP) is 3.89. The normalized spacial score (nSPS) is 18.2. The lowest BCUT2D eigenvalue weighted by atomic mass is 9.96. The van der Waals surface area contributed by atoms with E-state index >= 15 is 0 Å². The molecule has 10 nitrogen and oxygen atoms in total. The molecular weight excluding hydrogens is 570 g/mol. The molecule has 1 aromatic heterocycles. The molecule has 3 aromatic rings. The van der Waals surface area contributed by atoms with Crippen LogP contribution >= 0.6 is 0 Å². The van der Waals surface area contributed by atoms with Crippen molar-refractivity contribution >= 4 is 35.1 Å². The van der Waals surface area contributed by atoms with Crippen molar-refractivity contribution in [2.75, 3.05) is 13.2 Å². The van der Waals surface area contributed by atoms with Crippen molar-refractivity contribution < 1.29 is 23.9 Å². The SMILES string of the molecule is CC(C)[C@@H]1C(=O)N(CC(=O)N[C@@H](Cc2ccccc2)C(=O)C2=NC(C)(C)CO2)C(c2ccccc2)=CN1C(=O)c1cccnc1. The first-order valence-corrected chi connectivity index (χ1v) is 15.0. The van der Waals surface area contributed by atoms with Crippen LogP contribution < -0.4 is 5.32 Å². The van der Waals surface area contributed by atoms with E-state index in [1.807, 2.05) is 88.4 Å². The molecule has 0 bridgehead atoms. The van der Waals surface area contributed by atoms with E-state index in [1.165, 1.54) is 16.0 Å². The number of ether oxygens (including phenoxy) is 1. The number of hydrogen-bond donors (Lipinski definition) is 1. The zero-order valence-corrected chi connectivity index (χ0v) is 25.8. The largest absolute Gasteiger partial charge is 0.473 e. The van der Waals surface area contributed by atoms with E-state index in [-0.39, 0.29) is 37.3 Å². The molecular formula is C35H37N5O5. The molecule has 10 heteroatoms. The molecule has 0 radical (unpaired) electrons. The second kappa shape index (κ2) is 13.3. The van der Waals surface area contributed by atoms with Crippen molar-refractivity contribution in [3.63, 3.8) is 0 Å². The molecule has 0 saturated heterocycles. The third-order valence-electron chi connectivity index (χ3n) is 7.63. The molecule has 2 aliphatic heterocycles. The lowest BCUT2D eigenvalue weighted by Gasteiger charge is -2.41. The molecule has 3 amide bonds.